The molecule has 0 heterocycles. The number of amides is 2. The molecule has 4 nitrogen and oxygen atoms in total. The van der Waals surface area contributed by atoms with E-state index in [-0.39, 0.29) is 17.7 Å². The molecule has 5 heteroatoms. The van der Waals surface area contributed by atoms with Gasteiger partial charge >= 0.3 is 0 Å². The van der Waals surface area contributed by atoms with Crippen LogP contribution in [-0.4, -0.2) is 24.9 Å². The third kappa shape index (κ3) is 5.86. The van der Waals surface area contributed by atoms with Crippen molar-refractivity contribution < 1.29 is 9.59 Å². The Labute approximate surface area is 110 Å². The molecule has 0 aromatic rings. The quantitative estimate of drug-likeness (QED) is 0.785. The summed E-state index contributed by atoms with van der Waals surface area (Å²) >= 11 is 3.16. The molecule has 0 aliphatic heterocycles. The van der Waals surface area contributed by atoms with Crippen LogP contribution in [0.1, 0.15) is 32.1 Å². The highest BCUT2D eigenvalue weighted by Crippen LogP contribution is 2.24. The Morgan fingerprint density at radius 2 is 1.88 bits per heavy atom. The van der Waals surface area contributed by atoms with Crippen LogP contribution in [0.4, 0.5) is 0 Å². The number of carbonyl (C=O) groups excluding carboxylic acids is 2. The van der Waals surface area contributed by atoms with E-state index in [1.54, 1.807) is 0 Å². The topological polar surface area (TPSA) is 58.2 Å². The lowest BCUT2D eigenvalue weighted by Gasteiger charge is -2.10. The van der Waals surface area contributed by atoms with Gasteiger partial charge in [0.15, 0.2) is 0 Å². The predicted octanol–water partition coefficient (Wildman–Crippen LogP) is 1.71. The minimum atomic E-state index is -0.0719. The highest BCUT2D eigenvalue weighted by Gasteiger charge is 2.22. The molecule has 0 unspecified atom stereocenters. The predicted molar refractivity (Wildman–Crippen MR) is 70.7 cm³/mol. The van der Waals surface area contributed by atoms with Crippen LogP contribution in [-0.2, 0) is 9.59 Å². The van der Waals surface area contributed by atoms with Crippen LogP contribution in [0.5, 0.6) is 0 Å². The normalized spacial score (nSPS) is 15.6. The summed E-state index contributed by atoms with van der Waals surface area (Å²) in [6.07, 6.45) is 4.58. The smallest absolute Gasteiger partial charge is 0.223 e. The Balaban J connectivity index is 2.08. The van der Waals surface area contributed by atoms with E-state index in [1.165, 1.54) is 0 Å². The summed E-state index contributed by atoms with van der Waals surface area (Å²) in [5.41, 5.74) is 0. The fourth-order valence-corrected chi connectivity index (χ4v) is 2.05. The van der Waals surface area contributed by atoms with Crippen LogP contribution >= 0.6 is 15.9 Å². The van der Waals surface area contributed by atoms with Gasteiger partial charge in [-0.3, -0.25) is 9.59 Å². The third-order valence-corrected chi connectivity index (χ3v) is 3.13. The zero-order chi connectivity index (χ0) is 12.7. The Kier molecular flexibility index (Phi) is 6.26. The summed E-state index contributed by atoms with van der Waals surface area (Å²) in [6, 6.07) is 0. The molecular formula is C12H19BrN2O2. The summed E-state index contributed by atoms with van der Waals surface area (Å²) in [5, 5.41) is 5.50. The lowest BCUT2D eigenvalue weighted by Crippen LogP contribution is -2.33. The second-order valence-electron chi connectivity index (χ2n) is 4.32. The Bertz CT molecular complexity index is 299. The zero-order valence-corrected chi connectivity index (χ0v) is 11.5. The monoisotopic (exact) mass is 302 g/mol. The fourth-order valence-electron chi connectivity index (χ4n) is 1.91. The van der Waals surface area contributed by atoms with E-state index in [0.29, 0.717) is 19.5 Å². The molecule has 0 aromatic heterocycles. The van der Waals surface area contributed by atoms with Crippen molar-refractivity contribution in [3.8, 4) is 0 Å². The van der Waals surface area contributed by atoms with Crippen LogP contribution in [0, 0.1) is 5.92 Å². The van der Waals surface area contributed by atoms with Gasteiger partial charge < -0.3 is 10.6 Å². The summed E-state index contributed by atoms with van der Waals surface area (Å²) in [7, 11) is 0. The van der Waals surface area contributed by atoms with Crippen LogP contribution in [0.3, 0.4) is 0 Å². The van der Waals surface area contributed by atoms with Gasteiger partial charge in [0, 0.05) is 29.9 Å². The van der Waals surface area contributed by atoms with Crippen molar-refractivity contribution in [2.24, 2.45) is 5.92 Å². The number of halogens is 1. The summed E-state index contributed by atoms with van der Waals surface area (Å²) in [5.74, 6) is 0.193. The molecule has 17 heavy (non-hydrogen) atoms. The van der Waals surface area contributed by atoms with E-state index in [9.17, 15) is 9.59 Å². The molecule has 1 aliphatic carbocycles. The number of hydrogen-bond donors (Lipinski definition) is 2. The number of rotatable bonds is 6. The van der Waals surface area contributed by atoms with Gasteiger partial charge in [0.1, 0.15) is 0 Å². The van der Waals surface area contributed by atoms with Crippen molar-refractivity contribution >= 4 is 27.7 Å². The average Bonchev–Trinajstić information content (AvgIpc) is 2.79. The molecule has 0 atom stereocenters. The summed E-state index contributed by atoms with van der Waals surface area (Å²) < 4.78 is 0.737. The highest BCUT2D eigenvalue weighted by atomic mass is 79.9. The van der Waals surface area contributed by atoms with E-state index >= 15 is 0 Å². The number of nitrogens with one attached hydrogen (secondary N) is 2. The molecule has 0 spiro atoms. The van der Waals surface area contributed by atoms with Crippen LogP contribution in [0.2, 0.25) is 0 Å². The Morgan fingerprint density at radius 3 is 2.47 bits per heavy atom. The lowest BCUT2D eigenvalue weighted by molar-refractivity contribution is -0.125. The van der Waals surface area contributed by atoms with Gasteiger partial charge in [-0.1, -0.05) is 35.4 Å². The van der Waals surface area contributed by atoms with Gasteiger partial charge in [0.2, 0.25) is 11.8 Å². The van der Waals surface area contributed by atoms with Gasteiger partial charge in [-0.15, -0.1) is 0 Å². The Morgan fingerprint density at radius 1 is 1.24 bits per heavy atom. The summed E-state index contributed by atoms with van der Waals surface area (Å²) in [6.45, 7) is 4.46. The average molecular weight is 303 g/mol. The zero-order valence-electron chi connectivity index (χ0n) is 9.93. The number of hydrogen-bond acceptors (Lipinski definition) is 2. The van der Waals surface area contributed by atoms with Crippen molar-refractivity contribution in [3.05, 3.63) is 11.1 Å². The van der Waals surface area contributed by atoms with E-state index in [4.69, 9.17) is 0 Å². The second-order valence-corrected chi connectivity index (χ2v) is 5.44. The first-order valence-corrected chi connectivity index (χ1v) is 6.76. The molecule has 2 amide bonds. The van der Waals surface area contributed by atoms with E-state index < -0.39 is 0 Å². The van der Waals surface area contributed by atoms with E-state index in [1.807, 2.05) is 0 Å². The van der Waals surface area contributed by atoms with Gasteiger partial charge in [-0.2, -0.15) is 0 Å². The first-order chi connectivity index (χ1) is 8.09. The largest absolute Gasteiger partial charge is 0.355 e. The van der Waals surface area contributed by atoms with Crippen molar-refractivity contribution in [2.75, 3.05) is 13.1 Å². The molecular weight excluding hydrogens is 284 g/mol. The highest BCUT2D eigenvalue weighted by molar-refractivity contribution is 9.11. The van der Waals surface area contributed by atoms with Crippen molar-refractivity contribution in [2.45, 2.75) is 32.1 Å². The maximum absolute atomic E-state index is 11.6. The van der Waals surface area contributed by atoms with E-state index in [2.05, 4.69) is 33.1 Å². The van der Waals surface area contributed by atoms with E-state index in [0.717, 1.165) is 30.2 Å². The molecule has 1 rings (SSSR count). The Hall–Kier alpha value is -0.840. The molecule has 0 radical (unpaired) electrons. The lowest BCUT2D eigenvalue weighted by atomic mass is 10.1. The first-order valence-electron chi connectivity index (χ1n) is 5.97. The fraction of sp³-hybridized carbons (Fsp3) is 0.667. The SMILES string of the molecule is C=C(Br)CNC(=O)CCNC(=O)C1CCCC1. The third-order valence-electron chi connectivity index (χ3n) is 2.85. The number of carbonyl (C=O) groups is 2. The first kappa shape index (κ1) is 14.2. The minimum absolute atomic E-state index is 0.0719. The molecule has 1 fully saturated rings. The molecule has 1 aliphatic rings. The van der Waals surface area contributed by atoms with Crippen LogP contribution in [0.15, 0.2) is 11.1 Å². The van der Waals surface area contributed by atoms with Crippen molar-refractivity contribution in [1.29, 1.82) is 0 Å². The second kappa shape index (κ2) is 7.48. The molecule has 1 saturated carbocycles. The molecule has 96 valence electrons. The molecule has 0 saturated heterocycles. The molecule has 0 aromatic carbocycles. The van der Waals surface area contributed by atoms with Crippen LogP contribution < -0.4 is 10.6 Å². The van der Waals surface area contributed by atoms with Crippen molar-refractivity contribution in [1.82, 2.24) is 10.6 Å². The van der Waals surface area contributed by atoms with Gasteiger partial charge in [-0.25, -0.2) is 0 Å². The minimum Gasteiger partial charge on any atom is -0.355 e. The standard InChI is InChI=1S/C12H19BrN2O2/c1-9(13)8-15-11(16)6-7-14-12(17)10-4-2-3-5-10/h10H,1-8H2,(H,14,17)(H,15,16). The van der Waals surface area contributed by atoms with Crippen LogP contribution in [0.25, 0.3) is 0 Å². The van der Waals surface area contributed by atoms with Gasteiger partial charge in [0.25, 0.3) is 0 Å². The summed E-state index contributed by atoms with van der Waals surface area (Å²) in [4.78, 5) is 23.0. The van der Waals surface area contributed by atoms with Gasteiger partial charge in [-0.05, 0) is 12.8 Å². The maximum atomic E-state index is 11.6. The molecule has 2 N–H and O–H groups in total. The molecule has 0 bridgehead atoms. The maximum Gasteiger partial charge on any atom is 0.223 e. The van der Waals surface area contributed by atoms with Gasteiger partial charge in [0.05, 0.1) is 0 Å². The van der Waals surface area contributed by atoms with Crippen molar-refractivity contribution in [3.63, 3.8) is 0 Å².